The van der Waals surface area contributed by atoms with Gasteiger partial charge in [-0.25, -0.2) is 4.39 Å². The summed E-state index contributed by atoms with van der Waals surface area (Å²) in [6.45, 7) is 0. The summed E-state index contributed by atoms with van der Waals surface area (Å²) in [6.07, 6.45) is 4.24. The highest BCUT2D eigenvalue weighted by Gasteiger charge is 2.27. The van der Waals surface area contributed by atoms with Crippen molar-refractivity contribution in [2.45, 2.75) is 37.7 Å². The maximum atomic E-state index is 13.9. The van der Waals surface area contributed by atoms with Crippen LogP contribution in [0.5, 0.6) is 5.75 Å². The number of benzene rings is 2. The van der Waals surface area contributed by atoms with E-state index in [1.54, 1.807) is 6.07 Å². The first kappa shape index (κ1) is 12.0. The molecular formula is C18H17FO. The van der Waals surface area contributed by atoms with Crippen LogP contribution in [0.4, 0.5) is 4.39 Å². The Kier molecular flexibility index (Phi) is 2.76. The number of hydrogen-bond acceptors (Lipinski definition) is 1. The summed E-state index contributed by atoms with van der Waals surface area (Å²) in [5, 5.41) is 0. The summed E-state index contributed by atoms with van der Waals surface area (Å²) in [5.74, 6) is 1.46. The van der Waals surface area contributed by atoms with E-state index in [1.807, 2.05) is 18.2 Å². The minimum absolute atomic E-state index is 0.139. The maximum Gasteiger partial charge on any atom is 0.130 e. The van der Waals surface area contributed by atoms with Crippen LogP contribution in [0.25, 0.3) is 0 Å². The van der Waals surface area contributed by atoms with Crippen LogP contribution < -0.4 is 4.74 Å². The summed E-state index contributed by atoms with van der Waals surface area (Å²) in [4.78, 5) is 0. The lowest BCUT2D eigenvalue weighted by Crippen LogP contribution is -2.05. The molecule has 2 aliphatic carbocycles. The molecule has 0 heterocycles. The van der Waals surface area contributed by atoms with E-state index in [1.165, 1.54) is 24.5 Å². The van der Waals surface area contributed by atoms with Crippen LogP contribution in [0.3, 0.4) is 0 Å². The normalized spacial score (nSPS) is 20.8. The SMILES string of the molecule is Fc1cccc2c1C(Oc1ccc(C3CC3)cc1)CC2. The third-order valence-electron chi connectivity index (χ3n) is 4.35. The van der Waals surface area contributed by atoms with Crippen LogP contribution >= 0.6 is 0 Å². The van der Waals surface area contributed by atoms with Gasteiger partial charge in [-0.15, -0.1) is 0 Å². The van der Waals surface area contributed by atoms with Gasteiger partial charge in [-0.05, 0) is 60.9 Å². The van der Waals surface area contributed by atoms with Crippen molar-refractivity contribution in [3.63, 3.8) is 0 Å². The van der Waals surface area contributed by atoms with Crippen molar-refractivity contribution in [2.24, 2.45) is 0 Å². The molecule has 1 fully saturated rings. The summed E-state index contributed by atoms with van der Waals surface area (Å²) in [6, 6.07) is 13.6. The van der Waals surface area contributed by atoms with E-state index in [4.69, 9.17) is 4.74 Å². The fourth-order valence-electron chi connectivity index (χ4n) is 3.11. The number of hydrogen-bond donors (Lipinski definition) is 0. The van der Waals surface area contributed by atoms with E-state index >= 15 is 0 Å². The van der Waals surface area contributed by atoms with Gasteiger partial charge in [0.15, 0.2) is 0 Å². The average Bonchev–Trinajstić information content (AvgIpc) is 3.23. The molecule has 1 unspecified atom stereocenters. The molecule has 1 atom stereocenters. The van der Waals surface area contributed by atoms with Crippen LogP contribution in [-0.2, 0) is 6.42 Å². The molecule has 0 saturated heterocycles. The maximum absolute atomic E-state index is 13.9. The first-order valence-electron chi connectivity index (χ1n) is 7.35. The molecule has 2 aliphatic rings. The smallest absolute Gasteiger partial charge is 0.130 e. The van der Waals surface area contributed by atoms with Crippen LogP contribution in [0.2, 0.25) is 0 Å². The molecule has 2 aromatic carbocycles. The lowest BCUT2D eigenvalue weighted by atomic mass is 10.1. The Morgan fingerprint density at radius 3 is 2.50 bits per heavy atom. The molecule has 0 aliphatic heterocycles. The van der Waals surface area contributed by atoms with Gasteiger partial charge in [-0.2, -0.15) is 0 Å². The number of halogens is 1. The molecule has 1 nitrogen and oxygen atoms in total. The number of ether oxygens (including phenoxy) is 1. The second-order valence-corrected chi connectivity index (χ2v) is 5.80. The molecule has 0 aromatic heterocycles. The lowest BCUT2D eigenvalue weighted by Gasteiger charge is -2.15. The van der Waals surface area contributed by atoms with Gasteiger partial charge < -0.3 is 4.74 Å². The molecule has 0 bridgehead atoms. The molecule has 0 radical (unpaired) electrons. The second kappa shape index (κ2) is 4.62. The Labute approximate surface area is 118 Å². The van der Waals surface area contributed by atoms with Crippen LogP contribution in [0.15, 0.2) is 42.5 Å². The predicted molar refractivity (Wildman–Crippen MR) is 76.5 cm³/mol. The Morgan fingerprint density at radius 2 is 1.75 bits per heavy atom. The van der Waals surface area contributed by atoms with Crippen molar-refractivity contribution in [2.75, 3.05) is 0 Å². The highest BCUT2D eigenvalue weighted by Crippen LogP contribution is 2.41. The van der Waals surface area contributed by atoms with Crippen molar-refractivity contribution < 1.29 is 9.13 Å². The van der Waals surface area contributed by atoms with Crippen molar-refractivity contribution in [3.05, 3.63) is 65.0 Å². The first-order valence-corrected chi connectivity index (χ1v) is 7.35. The summed E-state index contributed by atoms with van der Waals surface area (Å²) < 4.78 is 19.9. The van der Waals surface area contributed by atoms with Gasteiger partial charge in [0, 0.05) is 5.56 Å². The minimum atomic E-state index is -0.141. The topological polar surface area (TPSA) is 9.23 Å². The van der Waals surface area contributed by atoms with Crippen molar-refractivity contribution in [1.29, 1.82) is 0 Å². The molecule has 102 valence electrons. The largest absolute Gasteiger partial charge is 0.486 e. The van der Waals surface area contributed by atoms with Crippen molar-refractivity contribution in [1.82, 2.24) is 0 Å². The average molecular weight is 268 g/mol. The zero-order valence-corrected chi connectivity index (χ0v) is 11.3. The van der Waals surface area contributed by atoms with Gasteiger partial charge in [0.1, 0.15) is 17.7 Å². The fraction of sp³-hybridized carbons (Fsp3) is 0.333. The van der Waals surface area contributed by atoms with Crippen LogP contribution in [0, 0.1) is 5.82 Å². The Hall–Kier alpha value is -1.83. The summed E-state index contributed by atoms with van der Waals surface area (Å²) >= 11 is 0. The predicted octanol–water partition coefficient (Wildman–Crippen LogP) is 4.77. The van der Waals surface area contributed by atoms with E-state index in [2.05, 4.69) is 12.1 Å². The molecule has 2 heteroatoms. The van der Waals surface area contributed by atoms with Crippen molar-refractivity contribution >= 4 is 0 Å². The zero-order valence-electron chi connectivity index (χ0n) is 11.3. The van der Waals surface area contributed by atoms with Gasteiger partial charge in [0.05, 0.1) is 0 Å². The Bertz CT molecular complexity index is 628. The number of aryl methyl sites for hydroxylation is 1. The lowest BCUT2D eigenvalue weighted by molar-refractivity contribution is 0.203. The van der Waals surface area contributed by atoms with E-state index in [-0.39, 0.29) is 11.9 Å². The van der Waals surface area contributed by atoms with Gasteiger partial charge in [-0.1, -0.05) is 24.3 Å². The highest BCUT2D eigenvalue weighted by molar-refractivity contribution is 5.37. The second-order valence-electron chi connectivity index (χ2n) is 5.80. The molecule has 0 amide bonds. The molecule has 20 heavy (non-hydrogen) atoms. The summed E-state index contributed by atoms with van der Waals surface area (Å²) in [5.41, 5.74) is 3.23. The van der Waals surface area contributed by atoms with E-state index in [0.717, 1.165) is 35.6 Å². The minimum Gasteiger partial charge on any atom is -0.486 e. The highest BCUT2D eigenvalue weighted by atomic mass is 19.1. The number of fused-ring (bicyclic) bond motifs is 1. The van der Waals surface area contributed by atoms with E-state index in [9.17, 15) is 4.39 Å². The van der Waals surface area contributed by atoms with Gasteiger partial charge in [0.25, 0.3) is 0 Å². The molecule has 4 rings (SSSR count). The standard InChI is InChI=1S/C18H17FO/c19-16-3-1-2-14-8-11-17(18(14)16)20-15-9-6-13(7-10-15)12-4-5-12/h1-3,6-7,9-10,12,17H,4-5,8,11H2. The first-order chi connectivity index (χ1) is 9.81. The zero-order chi connectivity index (χ0) is 13.5. The number of rotatable bonds is 3. The van der Waals surface area contributed by atoms with E-state index in [0.29, 0.717) is 0 Å². The molecule has 0 N–H and O–H groups in total. The molecule has 0 spiro atoms. The van der Waals surface area contributed by atoms with E-state index < -0.39 is 0 Å². The fourth-order valence-corrected chi connectivity index (χ4v) is 3.11. The van der Waals surface area contributed by atoms with Crippen LogP contribution in [0.1, 0.15) is 48.0 Å². The third kappa shape index (κ3) is 2.09. The molecular weight excluding hydrogens is 251 g/mol. The third-order valence-corrected chi connectivity index (χ3v) is 4.35. The van der Waals surface area contributed by atoms with Gasteiger partial charge >= 0.3 is 0 Å². The quantitative estimate of drug-likeness (QED) is 0.779. The summed E-state index contributed by atoms with van der Waals surface area (Å²) in [7, 11) is 0. The molecule has 1 saturated carbocycles. The van der Waals surface area contributed by atoms with Crippen LogP contribution in [-0.4, -0.2) is 0 Å². The molecule has 2 aromatic rings. The Balaban J connectivity index is 1.55. The van der Waals surface area contributed by atoms with Crippen molar-refractivity contribution in [3.8, 4) is 5.75 Å². The Morgan fingerprint density at radius 1 is 0.950 bits per heavy atom. The van der Waals surface area contributed by atoms with Gasteiger partial charge in [-0.3, -0.25) is 0 Å². The van der Waals surface area contributed by atoms with Gasteiger partial charge in [0.2, 0.25) is 0 Å². The monoisotopic (exact) mass is 268 g/mol.